The smallest absolute Gasteiger partial charge is 0.312 e. The van der Waals surface area contributed by atoms with E-state index in [2.05, 4.69) is 12.6 Å². The van der Waals surface area contributed by atoms with Crippen LogP contribution in [0.2, 0.25) is 0 Å². The van der Waals surface area contributed by atoms with E-state index in [9.17, 15) is 10.1 Å². The first-order chi connectivity index (χ1) is 8.16. The summed E-state index contributed by atoms with van der Waals surface area (Å²) < 4.78 is 5.45. The molecule has 0 amide bonds. The Morgan fingerprint density at radius 3 is 2.47 bits per heavy atom. The standard InChI is InChI=1S/C12H9NO3S/c14-13(15)11-8-10(17)6-7-12(11)16-9-4-2-1-3-5-9/h1-8,17H. The molecule has 0 spiro atoms. The fraction of sp³-hybridized carbons (Fsp3) is 0. The van der Waals surface area contributed by atoms with Crippen molar-refractivity contribution in [2.75, 3.05) is 0 Å². The Hall–Kier alpha value is -2.01. The van der Waals surface area contributed by atoms with Gasteiger partial charge in [-0.05, 0) is 24.3 Å². The number of ether oxygens (including phenoxy) is 1. The third-order valence-electron chi connectivity index (χ3n) is 2.11. The molecule has 0 aromatic heterocycles. The number of hydrogen-bond donors (Lipinski definition) is 1. The summed E-state index contributed by atoms with van der Waals surface area (Å²) in [5.74, 6) is 0.765. The molecule has 0 heterocycles. The minimum absolute atomic E-state index is 0.0960. The first kappa shape index (κ1) is 11.5. The predicted molar refractivity (Wildman–Crippen MR) is 66.9 cm³/mol. The molecule has 0 saturated heterocycles. The maximum atomic E-state index is 10.9. The number of nitrogens with zero attached hydrogens (tertiary/aromatic N) is 1. The minimum Gasteiger partial charge on any atom is -0.450 e. The van der Waals surface area contributed by atoms with Crippen molar-refractivity contribution in [1.82, 2.24) is 0 Å². The van der Waals surface area contributed by atoms with Gasteiger partial charge in [-0.15, -0.1) is 12.6 Å². The molecule has 2 rings (SSSR count). The number of nitro benzene ring substituents is 1. The van der Waals surface area contributed by atoms with Crippen molar-refractivity contribution in [3.8, 4) is 11.5 Å². The van der Waals surface area contributed by atoms with Gasteiger partial charge < -0.3 is 4.74 Å². The molecule has 0 unspecified atom stereocenters. The molecule has 0 atom stereocenters. The van der Waals surface area contributed by atoms with Crippen molar-refractivity contribution in [2.45, 2.75) is 4.90 Å². The summed E-state index contributed by atoms with van der Waals surface area (Å²) >= 11 is 4.06. The molecule has 17 heavy (non-hydrogen) atoms. The third-order valence-corrected chi connectivity index (χ3v) is 2.39. The van der Waals surface area contributed by atoms with Gasteiger partial charge in [0.2, 0.25) is 5.75 Å². The molecule has 0 bridgehead atoms. The molecule has 2 aromatic rings. The van der Waals surface area contributed by atoms with Gasteiger partial charge in [0.25, 0.3) is 0 Å². The molecule has 0 aliphatic heterocycles. The van der Waals surface area contributed by atoms with Gasteiger partial charge in [0, 0.05) is 11.0 Å². The number of nitro groups is 1. The molecule has 0 radical (unpaired) electrons. The van der Waals surface area contributed by atoms with Gasteiger partial charge in [-0.25, -0.2) is 0 Å². The van der Waals surface area contributed by atoms with E-state index in [1.54, 1.807) is 30.3 Å². The number of benzene rings is 2. The lowest BCUT2D eigenvalue weighted by Gasteiger charge is -2.06. The van der Waals surface area contributed by atoms with E-state index >= 15 is 0 Å². The van der Waals surface area contributed by atoms with Crippen LogP contribution >= 0.6 is 12.6 Å². The van der Waals surface area contributed by atoms with Crippen molar-refractivity contribution in [1.29, 1.82) is 0 Å². The Morgan fingerprint density at radius 1 is 1.12 bits per heavy atom. The van der Waals surface area contributed by atoms with E-state index in [4.69, 9.17) is 4.74 Å². The van der Waals surface area contributed by atoms with Crippen LogP contribution in [0.5, 0.6) is 11.5 Å². The van der Waals surface area contributed by atoms with Gasteiger partial charge in [-0.3, -0.25) is 10.1 Å². The highest BCUT2D eigenvalue weighted by atomic mass is 32.1. The second-order valence-electron chi connectivity index (χ2n) is 3.32. The van der Waals surface area contributed by atoms with E-state index in [-0.39, 0.29) is 11.4 Å². The Kier molecular flexibility index (Phi) is 3.30. The van der Waals surface area contributed by atoms with Crippen LogP contribution in [-0.4, -0.2) is 4.92 Å². The van der Waals surface area contributed by atoms with Gasteiger partial charge >= 0.3 is 5.69 Å². The lowest BCUT2D eigenvalue weighted by Crippen LogP contribution is -1.93. The second-order valence-corrected chi connectivity index (χ2v) is 3.84. The third kappa shape index (κ3) is 2.76. The quantitative estimate of drug-likeness (QED) is 0.511. The highest BCUT2D eigenvalue weighted by Gasteiger charge is 2.15. The highest BCUT2D eigenvalue weighted by molar-refractivity contribution is 7.80. The first-order valence-electron chi connectivity index (χ1n) is 4.87. The van der Waals surface area contributed by atoms with E-state index in [1.807, 2.05) is 6.07 Å². The second kappa shape index (κ2) is 4.88. The summed E-state index contributed by atoms with van der Waals surface area (Å²) in [5.41, 5.74) is -0.0960. The van der Waals surface area contributed by atoms with Crippen molar-refractivity contribution < 1.29 is 9.66 Å². The molecular weight excluding hydrogens is 238 g/mol. The number of rotatable bonds is 3. The zero-order valence-electron chi connectivity index (χ0n) is 8.74. The normalized spacial score (nSPS) is 9.94. The largest absolute Gasteiger partial charge is 0.450 e. The Labute approximate surface area is 103 Å². The van der Waals surface area contributed by atoms with Crippen LogP contribution in [-0.2, 0) is 0 Å². The van der Waals surface area contributed by atoms with Gasteiger partial charge in [0.05, 0.1) is 4.92 Å². The van der Waals surface area contributed by atoms with Gasteiger partial charge in [-0.1, -0.05) is 18.2 Å². The van der Waals surface area contributed by atoms with Crippen LogP contribution in [0.25, 0.3) is 0 Å². The Bertz CT molecular complexity index is 543. The van der Waals surface area contributed by atoms with Gasteiger partial charge in [0.15, 0.2) is 0 Å². The molecule has 0 N–H and O–H groups in total. The SMILES string of the molecule is O=[N+]([O-])c1cc(S)ccc1Oc1ccccc1. The van der Waals surface area contributed by atoms with E-state index in [0.717, 1.165) is 0 Å². The summed E-state index contributed by atoms with van der Waals surface area (Å²) in [6.07, 6.45) is 0. The average Bonchev–Trinajstić information content (AvgIpc) is 2.32. The maximum absolute atomic E-state index is 10.9. The fourth-order valence-electron chi connectivity index (χ4n) is 1.35. The van der Waals surface area contributed by atoms with Crippen LogP contribution in [0, 0.1) is 10.1 Å². The van der Waals surface area contributed by atoms with Crippen LogP contribution in [0.15, 0.2) is 53.4 Å². The van der Waals surface area contributed by atoms with Gasteiger partial charge in [0.1, 0.15) is 5.75 Å². The van der Waals surface area contributed by atoms with E-state index in [1.165, 1.54) is 12.1 Å². The molecule has 0 saturated carbocycles. The summed E-state index contributed by atoms with van der Waals surface area (Å²) in [4.78, 5) is 10.9. The van der Waals surface area contributed by atoms with Gasteiger partial charge in [-0.2, -0.15) is 0 Å². The van der Waals surface area contributed by atoms with Crippen molar-refractivity contribution >= 4 is 18.3 Å². The highest BCUT2D eigenvalue weighted by Crippen LogP contribution is 2.32. The monoisotopic (exact) mass is 247 g/mol. The van der Waals surface area contributed by atoms with Crippen LogP contribution in [0.3, 0.4) is 0 Å². The van der Waals surface area contributed by atoms with Crippen molar-refractivity contribution in [2.24, 2.45) is 0 Å². The first-order valence-corrected chi connectivity index (χ1v) is 5.32. The number of thiol groups is 1. The minimum atomic E-state index is -0.488. The molecule has 4 nitrogen and oxygen atoms in total. The average molecular weight is 247 g/mol. The van der Waals surface area contributed by atoms with E-state index < -0.39 is 4.92 Å². The molecule has 0 aliphatic carbocycles. The topological polar surface area (TPSA) is 52.4 Å². The van der Waals surface area contributed by atoms with Crippen LogP contribution in [0.1, 0.15) is 0 Å². The van der Waals surface area contributed by atoms with E-state index in [0.29, 0.717) is 10.6 Å². The molecule has 0 aliphatic rings. The summed E-state index contributed by atoms with van der Waals surface area (Å²) in [6, 6.07) is 13.5. The number of hydrogen-bond acceptors (Lipinski definition) is 4. The fourth-order valence-corrected chi connectivity index (χ4v) is 1.55. The molecular formula is C12H9NO3S. The summed E-state index contributed by atoms with van der Waals surface area (Å²) in [6.45, 7) is 0. The summed E-state index contributed by atoms with van der Waals surface area (Å²) in [7, 11) is 0. The number of para-hydroxylation sites is 1. The Balaban J connectivity index is 2.36. The lowest BCUT2D eigenvalue weighted by atomic mass is 10.3. The zero-order valence-corrected chi connectivity index (χ0v) is 9.63. The molecule has 86 valence electrons. The molecule has 0 fully saturated rings. The molecule has 5 heteroatoms. The van der Waals surface area contributed by atoms with Crippen molar-refractivity contribution in [3.05, 3.63) is 58.6 Å². The summed E-state index contributed by atoms with van der Waals surface area (Å²) in [5, 5.41) is 10.9. The van der Waals surface area contributed by atoms with Crippen molar-refractivity contribution in [3.63, 3.8) is 0 Å². The van der Waals surface area contributed by atoms with Crippen LogP contribution < -0.4 is 4.74 Å². The maximum Gasteiger partial charge on any atom is 0.312 e. The predicted octanol–water partition coefficient (Wildman–Crippen LogP) is 3.68. The van der Waals surface area contributed by atoms with Crippen LogP contribution in [0.4, 0.5) is 5.69 Å². The Morgan fingerprint density at radius 2 is 1.82 bits per heavy atom. The molecule has 2 aromatic carbocycles. The zero-order chi connectivity index (χ0) is 12.3. The lowest BCUT2D eigenvalue weighted by molar-refractivity contribution is -0.385.